The summed E-state index contributed by atoms with van der Waals surface area (Å²) in [5.41, 5.74) is 1.48. The molecular weight excluding hydrogens is 346 g/mol. The zero-order chi connectivity index (χ0) is 18.4. The Balaban J connectivity index is 1.47. The van der Waals surface area contributed by atoms with Crippen LogP contribution in [-0.2, 0) is 4.79 Å². The molecule has 0 unspecified atom stereocenters. The first-order valence-electron chi connectivity index (χ1n) is 9.98. The van der Waals surface area contributed by atoms with Gasteiger partial charge in [0.25, 0.3) is 0 Å². The van der Waals surface area contributed by atoms with E-state index in [9.17, 15) is 4.79 Å². The van der Waals surface area contributed by atoms with Gasteiger partial charge in [-0.05, 0) is 51.9 Å². The molecule has 0 aromatic carbocycles. The number of nitrogen functional groups attached to an aromatic ring is 1. The lowest BCUT2D eigenvalue weighted by molar-refractivity contribution is -0.120. The molecule has 2 aliphatic carbocycles. The van der Waals surface area contributed by atoms with E-state index in [1.165, 1.54) is 62.3 Å². The molecule has 6 nitrogen and oxygen atoms in total. The first kappa shape index (κ1) is 19.3. The second-order valence-electron chi connectivity index (χ2n) is 7.45. The standard InChI is InChI=1S/C19H31N5OS/c1-14(18(25)21-13-12-15-8-4-2-5-9-15)26-19-23-22-17(24(19)20)16-10-6-3-7-11-16/h8,14,16H,2-7,9-13,20H2,1H3,(H,21,25)/t14-/m1/s1. The van der Waals surface area contributed by atoms with E-state index in [1.54, 1.807) is 4.68 Å². The summed E-state index contributed by atoms with van der Waals surface area (Å²) < 4.78 is 1.59. The highest BCUT2D eigenvalue weighted by Crippen LogP contribution is 2.32. The van der Waals surface area contributed by atoms with E-state index in [0.717, 1.165) is 25.1 Å². The van der Waals surface area contributed by atoms with Gasteiger partial charge in [-0.3, -0.25) is 4.79 Å². The molecule has 1 saturated carbocycles. The number of nitrogens with two attached hydrogens (primary N) is 1. The van der Waals surface area contributed by atoms with Crippen LogP contribution in [0.4, 0.5) is 0 Å². The lowest BCUT2D eigenvalue weighted by Crippen LogP contribution is -2.32. The highest BCUT2D eigenvalue weighted by molar-refractivity contribution is 8.00. The zero-order valence-electron chi connectivity index (χ0n) is 15.7. The average molecular weight is 378 g/mol. The molecule has 1 atom stereocenters. The van der Waals surface area contributed by atoms with Gasteiger partial charge in [-0.2, -0.15) is 0 Å². The number of allylic oxidation sites excluding steroid dienone is 1. The van der Waals surface area contributed by atoms with E-state index in [2.05, 4.69) is 21.6 Å². The SMILES string of the molecule is C[C@@H](Sc1nnc(C2CCCCC2)n1N)C(=O)NCCC1=CCCCC1. The first-order chi connectivity index (χ1) is 12.6. The maximum Gasteiger partial charge on any atom is 0.233 e. The number of hydrogen-bond donors (Lipinski definition) is 2. The molecule has 3 rings (SSSR count). The summed E-state index contributed by atoms with van der Waals surface area (Å²) in [7, 11) is 0. The molecule has 2 aliphatic rings. The zero-order valence-corrected chi connectivity index (χ0v) is 16.6. The number of carbonyl (C=O) groups is 1. The van der Waals surface area contributed by atoms with Crippen LogP contribution in [0.15, 0.2) is 16.8 Å². The van der Waals surface area contributed by atoms with Crippen molar-refractivity contribution >= 4 is 17.7 Å². The predicted octanol–water partition coefficient (Wildman–Crippen LogP) is 3.53. The molecule has 7 heteroatoms. The van der Waals surface area contributed by atoms with Crippen molar-refractivity contribution in [1.82, 2.24) is 20.2 Å². The maximum absolute atomic E-state index is 12.4. The predicted molar refractivity (Wildman–Crippen MR) is 105 cm³/mol. The van der Waals surface area contributed by atoms with Crippen LogP contribution >= 0.6 is 11.8 Å². The molecule has 3 N–H and O–H groups in total. The van der Waals surface area contributed by atoms with Crippen LogP contribution in [0.25, 0.3) is 0 Å². The van der Waals surface area contributed by atoms with Gasteiger partial charge < -0.3 is 11.2 Å². The summed E-state index contributed by atoms with van der Waals surface area (Å²) in [6, 6.07) is 0. The van der Waals surface area contributed by atoms with Gasteiger partial charge in [-0.15, -0.1) is 10.2 Å². The molecule has 1 amide bonds. The quantitative estimate of drug-likeness (QED) is 0.431. The minimum absolute atomic E-state index is 0.0358. The Morgan fingerprint density at radius 1 is 1.31 bits per heavy atom. The van der Waals surface area contributed by atoms with Gasteiger partial charge >= 0.3 is 0 Å². The Morgan fingerprint density at radius 2 is 2.12 bits per heavy atom. The highest BCUT2D eigenvalue weighted by Gasteiger charge is 2.24. The summed E-state index contributed by atoms with van der Waals surface area (Å²) >= 11 is 1.39. The second-order valence-corrected chi connectivity index (χ2v) is 8.76. The van der Waals surface area contributed by atoms with Gasteiger partial charge in [0.1, 0.15) is 0 Å². The Bertz CT molecular complexity index is 636. The first-order valence-corrected chi connectivity index (χ1v) is 10.9. The van der Waals surface area contributed by atoms with Crippen LogP contribution in [0, 0.1) is 0 Å². The molecule has 1 fully saturated rings. The van der Waals surface area contributed by atoms with Gasteiger partial charge in [-0.1, -0.05) is 42.7 Å². The van der Waals surface area contributed by atoms with Crippen LogP contribution in [0.5, 0.6) is 0 Å². The van der Waals surface area contributed by atoms with Gasteiger partial charge in [0.15, 0.2) is 5.82 Å². The molecule has 0 radical (unpaired) electrons. The van der Waals surface area contributed by atoms with E-state index in [4.69, 9.17) is 5.84 Å². The van der Waals surface area contributed by atoms with Gasteiger partial charge in [0.2, 0.25) is 11.1 Å². The van der Waals surface area contributed by atoms with E-state index in [1.807, 2.05) is 6.92 Å². The molecule has 0 aliphatic heterocycles. The summed E-state index contributed by atoms with van der Waals surface area (Å²) in [6.45, 7) is 2.60. The van der Waals surface area contributed by atoms with E-state index < -0.39 is 0 Å². The summed E-state index contributed by atoms with van der Waals surface area (Å²) in [6.07, 6.45) is 14.3. The number of aromatic nitrogens is 3. The molecule has 1 aromatic rings. The number of nitrogens with zero attached hydrogens (tertiary/aromatic N) is 3. The van der Waals surface area contributed by atoms with Crippen LogP contribution in [0.2, 0.25) is 0 Å². The van der Waals surface area contributed by atoms with E-state index in [-0.39, 0.29) is 11.2 Å². The third-order valence-electron chi connectivity index (χ3n) is 5.44. The molecule has 0 bridgehead atoms. The van der Waals surface area contributed by atoms with Gasteiger partial charge in [0, 0.05) is 12.5 Å². The fourth-order valence-corrected chi connectivity index (χ4v) is 4.64. The van der Waals surface area contributed by atoms with Gasteiger partial charge in [0.05, 0.1) is 5.25 Å². The maximum atomic E-state index is 12.4. The van der Waals surface area contributed by atoms with Crippen LogP contribution in [0.1, 0.15) is 82.9 Å². The third-order valence-corrected chi connectivity index (χ3v) is 6.50. The largest absolute Gasteiger partial charge is 0.355 e. The lowest BCUT2D eigenvalue weighted by Gasteiger charge is -2.20. The normalized spacial score (nSPS) is 19.8. The van der Waals surface area contributed by atoms with Gasteiger partial charge in [-0.25, -0.2) is 4.68 Å². The Hall–Kier alpha value is -1.50. The van der Waals surface area contributed by atoms with E-state index >= 15 is 0 Å². The highest BCUT2D eigenvalue weighted by atomic mass is 32.2. The van der Waals surface area contributed by atoms with Crippen molar-refractivity contribution in [2.45, 2.75) is 87.5 Å². The summed E-state index contributed by atoms with van der Waals surface area (Å²) in [5, 5.41) is 12.0. The summed E-state index contributed by atoms with van der Waals surface area (Å²) in [5.74, 6) is 7.52. The molecule has 26 heavy (non-hydrogen) atoms. The van der Waals surface area contributed by atoms with Crippen molar-refractivity contribution in [1.29, 1.82) is 0 Å². The van der Waals surface area contributed by atoms with Crippen molar-refractivity contribution in [2.75, 3.05) is 12.4 Å². The number of carbonyl (C=O) groups excluding carboxylic acids is 1. The fraction of sp³-hybridized carbons (Fsp3) is 0.737. The van der Waals surface area contributed by atoms with Crippen LogP contribution in [0.3, 0.4) is 0 Å². The number of rotatable bonds is 7. The van der Waals surface area contributed by atoms with E-state index in [0.29, 0.717) is 17.6 Å². The van der Waals surface area contributed by atoms with Crippen LogP contribution in [-0.4, -0.2) is 32.6 Å². The van der Waals surface area contributed by atoms with Crippen molar-refractivity contribution in [2.24, 2.45) is 0 Å². The minimum Gasteiger partial charge on any atom is -0.355 e. The minimum atomic E-state index is -0.235. The lowest BCUT2D eigenvalue weighted by atomic mass is 9.89. The molecule has 144 valence electrons. The van der Waals surface area contributed by atoms with Crippen LogP contribution < -0.4 is 11.2 Å². The monoisotopic (exact) mass is 377 g/mol. The molecule has 0 spiro atoms. The second kappa shape index (κ2) is 9.44. The third kappa shape index (κ3) is 5.02. The molecular formula is C19H31N5OS. The molecule has 0 saturated heterocycles. The Kier molecular flexibility index (Phi) is 7.00. The summed E-state index contributed by atoms with van der Waals surface area (Å²) in [4.78, 5) is 12.4. The average Bonchev–Trinajstić information content (AvgIpc) is 3.03. The molecule has 1 aromatic heterocycles. The Labute approximate surface area is 160 Å². The fourth-order valence-electron chi connectivity index (χ4n) is 3.84. The number of amides is 1. The Morgan fingerprint density at radius 3 is 2.85 bits per heavy atom. The number of thioether (sulfide) groups is 1. The smallest absolute Gasteiger partial charge is 0.233 e. The van der Waals surface area contributed by atoms with Crippen molar-refractivity contribution < 1.29 is 4.79 Å². The topological polar surface area (TPSA) is 85.8 Å². The van der Waals surface area contributed by atoms with Crippen molar-refractivity contribution in [3.05, 3.63) is 17.5 Å². The van der Waals surface area contributed by atoms with Crippen molar-refractivity contribution in [3.8, 4) is 0 Å². The number of nitrogens with one attached hydrogen (secondary N) is 1. The molecule has 1 heterocycles. The number of hydrogen-bond acceptors (Lipinski definition) is 5. The van der Waals surface area contributed by atoms with Crippen molar-refractivity contribution in [3.63, 3.8) is 0 Å².